The van der Waals surface area contributed by atoms with Gasteiger partial charge in [0, 0.05) is 112 Å². The molecule has 9 aromatic rings. The first-order valence-corrected chi connectivity index (χ1v) is 31.9. The van der Waals surface area contributed by atoms with Gasteiger partial charge in [-0.25, -0.2) is 38.4 Å². The van der Waals surface area contributed by atoms with Crippen molar-refractivity contribution >= 4 is 74.5 Å². The fourth-order valence-corrected chi connectivity index (χ4v) is 10.8. The predicted molar refractivity (Wildman–Crippen MR) is 355 cm³/mol. The number of aliphatic hydroxyl groups excluding tert-OH is 1. The minimum absolute atomic E-state index is 0.0439. The van der Waals surface area contributed by atoms with Crippen LogP contribution in [0.15, 0.2) is 90.1 Å². The van der Waals surface area contributed by atoms with Gasteiger partial charge in [0.1, 0.15) is 23.6 Å². The van der Waals surface area contributed by atoms with Gasteiger partial charge in [-0.2, -0.15) is 10.5 Å². The topological polar surface area (TPSA) is 398 Å². The summed E-state index contributed by atoms with van der Waals surface area (Å²) in [5.74, 6) is -1.31. The Kier molecular flexibility index (Phi) is 24.8. The lowest BCUT2D eigenvalue weighted by Crippen LogP contribution is -2.50. The van der Waals surface area contributed by atoms with E-state index in [1.54, 1.807) is 66.0 Å². The molecule has 1 fully saturated rings. The van der Waals surface area contributed by atoms with Crippen molar-refractivity contribution < 1.29 is 47.2 Å². The Bertz CT molecular complexity index is 4270. The van der Waals surface area contributed by atoms with Crippen molar-refractivity contribution in [3.8, 4) is 17.3 Å². The maximum absolute atomic E-state index is 15.7. The molecule has 1 saturated heterocycles. The average molecular weight is 1370 g/mol. The van der Waals surface area contributed by atoms with Crippen LogP contribution in [0.4, 0.5) is 32.1 Å². The van der Waals surface area contributed by atoms with Gasteiger partial charge in [0.25, 0.3) is 11.5 Å². The number of ether oxygens (including phenoxy) is 4. The highest BCUT2D eigenvalue weighted by molar-refractivity contribution is 6.35. The zero-order valence-electron chi connectivity index (χ0n) is 53.7. The van der Waals surface area contributed by atoms with E-state index >= 15 is 4.39 Å². The van der Waals surface area contributed by atoms with E-state index in [-0.39, 0.29) is 108 Å². The number of carbonyl (C=O) groups is 3. The highest BCUT2D eigenvalue weighted by Gasteiger charge is 2.26. The van der Waals surface area contributed by atoms with Crippen LogP contribution in [0.3, 0.4) is 0 Å². The number of aromatic amines is 2. The van der Waals surface area contributed by atoms with Gasteiger partial charge in [-0.15, -0.1) is 15.3 Å². The summed E-state index contributed by atoms with van der Waals surface area (Å²) in [4.78, 5) is 81.8. The zero-order chi connectivity index (χ0) is 68.9. The third-order valence-corrected chi connectivity index (χ3v) is 16.3. The average Bonchev–Trinajstić information content (AvgIpc) is 0.882. The van der Waals surface area contributed by atoms with Gasteiger partial charge in [0.05, 0.1) is 122 Å². The molecule has 0 bridgehead atoms. The largest absolute Gasteiger partial charge is 0.395 e. The first-order chi connectivity index (χ1) is 47.6. The van der Waals surface area contributed by atoms with Crippen LogP contribution in [0.25, 0.3) is 33.2 Å². The molecule has 1 aliphatic rings. The fraction of sp³-hybridized carbons (Fsp3) is 0.391. The number of nitriles is 1. The smallest absolute Gasteiger partial charge is 0.260 e. The molecule has 0 radical (unpaired) electrons. The highest BCUT2D eigenvalue weighted by atomic mass is 35.5. The minimum atomic E-state index is -0.700. The van der Waals surface area contributed by atoms with Crippen LogP contribution in [0.2, 0.25) is 5.02 Å². The molecular weight excluding hydrogens is 1290 g/mol. The lowest BCUT2D eigenvalue weighted by atomic mass is 10.0. The summed E-state index contributed by atoms with van der Waals surface area (Å²) >= 11 is 6.72. The van der Waals surface area contributed by atoms with Gasteiger partial charge in [0.2, 0.25) is 23.7 Å². The molecule has 31 nitrogen and oxygen atoms in total. The summed E-state index contributed by atoms with van der Waals surface area (Å²) in [5.41, 5.74) is 10.5. The van der Waals surface area contributed by atoms with E-state index in [1.807, 2.05) is 21.9 Å². The van der Waals surface area contributed by atoms with Gasteiger partial charge in [-0.1, -0.05) is 28.1 Å². The monoisotopic (exact) mass is 1370 g/mol. The first-order valence-electron chi connectivity index (χ1n) is 31.5. The Balaban J connectivity index is 0.553. The van der Waals surface area contributed by atoms with Crippen molar-refractivity contribution in [3.05, 3.63) is 152 Å². The number of hydrogen-bond donors (Lipinski definition) is 8. The Morgan fingerprint density at radius 2 is 1.64 bits per heavy atom. The second kappa shape index (κ2) is 34.6. The van der Waals surface area contributed by atoms with Gasteiger partial charge in [-0.05, 0) is 80.4 Å². The molecule has 9 N–H and O–H groups in total. The molecule has 2 atom stereocenters. The Morgan fingerprint density at radius 3 is 2.39 bits per heavy atom. The maximum Gasteiger partial charge on any atom is 0.260 e. The van der Waals surface area contributed by atoms with Crippen LogP contribution in [-0.4, -0.2) is 203 Å². The van der Waals surface area contributed by atoms with E-state index in [2.05, 4.69) is 82.1 Å². The molecule has 0 unspecified atom stereocenters. The number of benzene rings is 3. The summed E-state index contributed by atoms with van der Waals surface area (Å²) in [6.45, 7) is 9.43. The predicted octanol–water partition coefficient (Wildman–Crippen LogP) is 4.18. The number of piperazine rings is 1. The number of pyridine rings is 2. The second-order valence-electron chi connectivity index (χ2n) is 22.7. The number of anilines is 4. The quantitative estimate of drug-likeness (QED) is 0.0258. The fourth-order valence-electron chi connectivity index (χ4n) is 10.6. The number of H-pyrrole nitrogens is 2. The normalized spacial score (nSPS) is 13.0. The molecule has 0 aliphatic carbocycles. The third kappa shape index (κ3) is 19.2. The summed E-state index contributed by atoms with van der Waals surface area (Å²) in [5, 5.41) is 54.5. The van der Waals surface area contributed by atoms with E-state index in [0.717, 1.165) is 11.3 Å². The standard InChI is InChI=1S/C64H73ClF2N22O9/c1-39(47-29-41(32-68)3-9-49(47)66)75-59-56(65)40(2)74-53-31-50(67)57(78-58(53)59)44-34-72-64(73-35-44)88-16-14-87(15-17-88)55(92)38-98-24-20-89-37-46(80-85-89)36-86(18-21-90)19-23-96-26-28-97-27-25-95-22-13-70-54(91)12-11-52(60-81-83-84-82-60)76-61(93)43-5-7-45(8-6-43)71-33-42-4-10-51-48(30-42)62(94)79-63(69)77-51/h3-10,29-31,34-35,37,39,52,71,90H,11-28,33,36,38H2,1-2H3,(H,70,91)(H,74,75)(H,76,93)(H3,69,77,79,94)(H,81,82,83,84)/t39-,52+/m1/s1. The summed E-state index contributed by atoms with van der Waals surface area (Å²) < 4.78 is 55.0. The van der Waals surface area contributed by atoms with Gasteiger partial charge >= 0.3 is 0 Å². The Labute approximate surface area is 564 Å². The number of amides is 3. The number of tetrazole rings is 1. The summed E-state index contributed by atoms with van der Waals surface area (Å²) in [6.07, 6.45) is 5.00. The number of halogens is 3. The molecule has 0 saturated carbocycles. The number of fused-ring (bicyclic) bond motifs is 2. The van der Waals surface area contributed by atoms with Crippen LogP contribution in [-0.2, 0) is 48.2 Å². The van der Waals surface area contributed by atoms with E-state index in [9.17, 15) is 33.9 Å². The molecule has 3 amide bonds. The van der Waals surface area contributed by atoms with Crippen molar-refractivity contribution in [1.29, 1.82) is 5.26 Å². The number of hydrogen-bond acceptors (Lipinski definition) is 25. The molecule has 10 rings (SSSR count). The minimum Gasteiger partial charge on any atom is -0.395 e. The van der Waals surface area contributed by atoms with Crippen LogP contribution in [0.5, 0.6) is 0 Å². The molecule has 98 heavy (non-hydrogen) atoms. The molecule has 3 aromatic carbocycles. The van der Waals surface area contributed by atoms with Gasteiger partial charge in [0.15, 0.2) is 11.6 Å². The molecular formula is C64H73ClF2N22O9. The van der Waals surface area contributed by atoms with Crippen LogP contribution >= 0.6 is 11.6 Å². The summed E-state index contributed by atoms with van der Waals surface area (Å²) in [7, 11) is 0. The van der Waals surface area contributed by atoms with Gasteiger partial charge < -0.3 is 60.9 Å². The number of aromatic nitrogens is 13. The molecule has 0 spiro atoms. The number of nitrogen functional groups attached to an aromatic ring is 1. The maximum atomic E-state index is 15.7. The van der Waals surface area contributed by atoms with Crippen molar-refractivity contribution in [1.82, 2.24) is 86.0 Å². The number of nitrogens with one attached hydrogen (secondary N) is 6. The van der Waals surface area contributed by atoms with Crippen molar-refractivity contribution in [2.75, 3.05) is 127 Å². The number of aliphatic hydroxyl groups is 1. The molecule has 1 aliphatic heterocycles. The summed E-state index contributed by atoms with van der Waals surface area (Å²) in [6, 6.07) is 18.1. The molecule has 34 heteroatoms. The number of nitrogens with two attached hydrogens (primary N) is 1. The number of nitrogens with zero attached hydrogens (tertiary/aromatic N) is 15. The number of rotatable bonds is 35. The Morgan fingerprint density at radius 1 is 0.878 bits per heavy atom. The van der Waals surface area contributed by atoms with Crippen LogP contribution < -0.4 is 37.5 Å². The number of aryl methyl sites for hydroxylation is 1. The van der Waals surface area contributed by atoms with Crippen molar-refractivity contribution in [2.24, 2.45) is 0 Å². The molecule has 6 aromatic heterocycles. The molecule has 7 heterocycles. The zero-order valence-corrected chi connectivity index (χ0v) is 54.5. The number of carbonyl (C=O) groups excluding carboxylic acids is 3. The second-order valence-corrected chi connectivity index (χ2v) is 23.1. The van der Waals surface area contributed by atoms with Crippen molar-refractivity contribution in [3.63, 3.8) is 0 Å². The molecule has 514 valence electrons. The first kappa shape index (κ1) is 70.5. The lowest BCUT2D eigenvalue weighted by molar-refractivity contribution is -0.136. The van der Waals surface area contributed by atoms with E-state index < -0.39 is 29.6 Å². The van der Waals surface area contributed by atoms with Crippen LogP contribution in [0.1, 0.15) is 76.1 Å². The lowest BCUT2D eigenvalue weighted by Gasteiger charge is -2.34. The van der Waals surface area contributed by atoms with Gasteiger partial charge in [-0.3, -0.25) is 29.1 Å². The highest BCUT2D eigenvalue weighted by Crippen LogP contribution is 2.37. The third-order valence-electron chi connectivity index (χ3n) is 15.8. The van der Waals surface area contributed by atoms with Crippen LogP contribution in [0, 0.1) is 29.9 Å². The van der Waals surface area contributed by atoms with E-state index in [4.69, 9.17) is 36.3 Å². The SMILES string of the molecule is Cc1nc2cc(F)c(-c3cnc(N4CCN(C(=O)COCCn5cc(CN(CCO)CCOCCOCCOCCNC(=O)CC[C@H](NC(=O)c6ccc(NCc7ccc8nc(N)[nH]c(=O)c8c7)cc6)c6nn[nH]n6)nn5)CC4)nc3)nc2c(N[C@H](C)c2cc(C#N)ccc2F)c1Cl. The Hall–Kier alpha value is -10.3. The van der Waals surface area contributed by atoms with Crippen molar-refractivity contribution in [2.45, 2.75) is 58.4 Å². The van der Waals surface area contributed by atoms with E-state index in [0.29, 0.717) is 137 Å². The van der Waals surface area contributed by atoms with E-state index in [1.165, 1.54) is 36.7 Å².